The third-order valence-corrected chi connectivity index (χ3v) is 5.69. The Morgan fingerprint density at radius 3 is 2.67 bits per heavy atom. The monoisotopic (exact) mass is 309 g/mol. The molecule has 1 unspecified atom stereocenters. The minimum absolute atomic E-state index is 0.584. The number of rotatable bonds is 7. The number of aryl methyl sites for hydroxylation is 1. The molecule has 0 bridgehead atoms. The number of piperidine rings is 1. The standard InChI is InChI=1S/C17H31N3S/c1-5-7-15-16(12-18-14(4)6-2)21-17(19-15)20-10-8-13(3)9-11-20/h13-14,18H,5-12H2,1-4H3. The molecule has 1 N–H and O–H groups in total. The van der Waals surface area contributed by atoms with E-state index in [1.807, 2.05) is 11.3 Å². The van der Waals surface area contributed by atoms with Crippen molar-refractivity contribution >= 4 is 16.5 Å². The van der Waals surface area contributed by atoms with E-state index in [1.165, 1.54) is 54.5 Å². The Morgan fingerprint density at radius 1 is 1.33 bits per heavy atom. The van der Waals surface area contributed by atoms with Crippen molar-refractivity contribution in [1.29, 1.82) is 0 Å². The molecule has 1 aromatic heterocycles. The van der Waals surface area contributed by atoms with Crippen LogP contribution in [0.15, 0.2) is 0 Å². The predicted octanol–water partition coefficient (Wildman–Crippen LogP) is 4.22. The van der Waals surface area contributed by atoms with Gasteiger partial charge in [0.25, 0.3) is 0 Å². The molecule has 1 saturated heterocycles. The van der Waals surface area contributed by atoms with E-state index in [2.05, 4.69) is 37.9 Å². The predicted molar refractivity (Wildman–Crippen MR) is 93.3 cm³/mol. The Kier molecular flexibility index (Phi) is 6.49. The topological polar surface area (TPSA) is 28.2 Å². The number of aromatic nitrogens is 1. The van der Waals surface area contributed by atoms with Crippen LogP contribution in [0.5, 0.6) is 0 Å². The van der Waals surface area contributed by atoms with Gasteiger partial charge >= 0.3 is 0 Å². The van der Waals surface area contributed by atoms with Crippen molar-refractivity contribution in [1.82, 2.24) is 10.3 Å². The summed E-state index contributed by atoms with van der Waals surface area (Å²) >= 11 is 1.91. The molecule has 1 aliphatic heterocycles. The van der Waals surface area contributed by atoms with Gasteiger partial charge in [0.05, 0.1) is 5.69 Å². The molecule has 0 spiro atoms. The van der Waals surface area contributed by atoms with Crippen molar-refractivity contribution in [3.05, 3.63) is 10.6 Å². The smallest absolute Gasteiger partial charge is 0.185 e. The molecular formula is C17H31N3S. The van der Waals surface area contributed by atoms with Crippen molar-refractivity contribution in [3.63, 3.8) is 0 Å². The first-order chi connectivity index (χ1) is 10.1. The van der Waals surface area contributed by atoms with Crippen LogP contribution in [0.2, 0.25) is 0 Å². The number of nitrogens with one attached hydrogen (secondary N) is 1. The second kappa shape index (κ2) is 8.14. The SMILES string of the molecule is CCCc1nc(N2CCC(C)CC2)sc1CNC(C)CC. The molecule has 0 radical (unpaired) electrons. The Labute approximate surface area is 134 Å². The van der Waals surface area contributed by atoms with Gasteiger partial charge in [0.15, 0.2) is 5.13 Å². The molecule has 0 saturated carbocycles. The van der Waals surface area contributed by atoms with Gasteiger partial charge in [-0.1, -0.05) is 27.2 Å². The van der Waals surface area contributed by atoms with E-state index in [4.69, 9.17) is 4.98 Å². The molecule has 3 nitrogen and oxygen atoms in total. The number of nitrogens with zero attached hydrogens (tertiary/aromatic N) is 2. The van der Waals surface area contributed by atoms with Crippen molar-refractivity contribution in [2.45, 2.75) is 72.4 Å². The number of hydrogen-bond acceptors (Lipinski definition) is 4. The average molecular weight is 310 g/mol. The van der Waals surface area contributed by atoms with E-state index in [9.17, 15) is 0 Å². The molecule has 1 aliphatic rings. The Hall–Kier alpha value is -0.610. The molecule has 2 heterocycles. The quantitative estimate of drug-likeness (QED) is 0.817. The summed E-state index contributed by atoms with van der Waals surface area (Å²) in [5.74, 6) is 0.878. The van der Waals surface area contributed by atoms with Crippen LogP contribution in [-0.2, 0) is 13.0 Å². The maximum Gasteiger partial charge on any atom is 0.185 e. The lowest BCUT2D eigenvalue weighted by Crippen LogP contribution is -2.32. The molecule has 1 aromatic rings. The van der Waals surface area contributed by atoms with E-state index >= 15 is 0 Å². The summed E-state index contributed by atoms with van der Waals surface area (Å²) < 4.78 is 0. The van der Waals surface area contributed by atoms with Gasteiger partial charge in [0.1, 0.15) is 0 Å². The van der Waals surface area contributed by atoms with E-state index in [0.29, 0.717) is 6.04 Å². The Balaban J connectivity index is 2.05. The largest absolute Gasteiger partial charge is 0.348 e. The highest BCUT2D eigenvalue weighted by molar-refractivity contribution is 7.15. The average Bonchev–Trinajstić information content (AvgIpc) is 2.89. The van der Waals surface area contributed by atoms with Crippen molar-refractivity contribution in [3.8, 4) is 0 Å². The Bertz CT molecular complexity index is 422. The Morgan fingerprint density at radius 2 is 2.05 bits per heavy atom. The van der Waals surface area contributed by atoms with Crippen LogP contribution in [0, 0.1) is 5.92 Å². The van der Waals surface area contributed by atoms with Crippen LogP contribution >= 0.6 is 11.3 Å². The van der Waals surface area contributed by atoms with Gasteiger partial charge in [-0.15, -0.1) is 11.3 Å². The first kappa shape index (κ1) is 16.8. The molecule has 4 heteroatoms. The van der Waals surface area contributed by atoms with Crippen LogP contribution in [-0.4, -0.2) is 24.1 Å². The lowest BCUT2D eigenvalue weighted by Gasteiger charge is -2.29. The van der Waals surface area contributed by atoms with Crippen LogP contribution in [0.25, 0.3) is 0 Å². The van der Waals surface area contributed by atoms with Gasteiger partial charge < -0.3 is 10.2 Å². The second-order valence-electron chi connectivity index (χ2n) is 6.48. The summed E-state index contributed by atoms with van der Waals surface area (Å²) in [6.45, 7) is 12.4. The van der Waals surface area contributed by atoms with Gasteiger partial charge in [-0.05, 0) is 38.5 Å². The highest BCUT2D eigenvalue weighted by Gasteiger charge is 2.20. The lowest BCUT2D eigenvalue weighted by molar-refractivity contribution is 0.438. The summed E-state index contributed by atoms with van der Waals surface area (Å²) in [6, 6.07) is 0.584. The molecule has 2 rings (SSSR count). The number of anilines is 1. The summed E-state index contributed by atoms with van der Waals surface area (Å²) in [5.41, 5.74) is 1.33. The van der Waals surface area contributed by atoms with E-state index < -0.39 is 0 Å². The minimum Gasteiger partial charge on any atom is -0.348 e. The van der Waals surface area contributed by atoms with Crippen LogP contribution in [0.3, 0.4) is 0 Å². The van der Waals surface area contributed by atoms with Gasteiger partial charge in [-0.25, -0.2) is 4.98 Å². The lowest BCUT2D eigenvalue weighted by atomic mass is 10.00. The van der Waals surface area contributed by atoms with Crippen molar-refractivity contribution in [2.75, 3.05) is 18.0 Å². The zero-order valence-electron chi connectivity index (χ0n) is 14.1. The molecular weight excluding hydrogens is 278 g/mol. The van der Waals surface area contributed by atoms with E-state index in [1.54, 1.807) is 0 Å². The molecule has 1 fully saturated rings. The molecule has 120 valence electrons. The highest BCUT2D eigenvalue weighted by atomic mass is 32.1. The summed E-state index contributed by atoms with van der Waals surface area (Å²) in [4.78, 5) is 8.90. The van der Waals surface area contributed by atoms with Gasteiger partial charge in [0.2, 0.25) is 0 Å². The second-order valence-corrected chi connectivity index (χ2v) is 7.54. The summed E-state index contributed by atoms with van der Waals surface area (Å²) in [5, 5.41) is 4.88. The molecule has 0 amide bonds. The van der Waals surface area contributed by atoms with Crippen molar-refractivity contribution < 1.29 is 0 Å². The zero-order valence-corrected chi connectivity index (χ0v) is 14.9. The van der Waals surface area contributed by atoms with Gasteiger partial charge in [-0.3, -0.25) is 0 Å². The van der Waals surface area contributed by atoms with Crippen LogP contribution in [0.4, 0.5) is 5.13 Å². The highest BCUT2D eigenvalue weighted by Crippen LogP contribution is 2.30. The fourth-order valence-corrected chi connectivity index (χ4v) is 3.80. The van der Waals surface area contributed by atoms with Crippen LogP contribution < -0.4 is 10.2 Å². The maximum absolute atomic E-state index is 4.96. The first-order valence-electron chi connectivity index (χ1n) is 8.60. The fraction of sp³-hybridized carbons (Fsp3) is 0.824. The third-order valence-electron chi connectivity index (χ3n) is 4.53. The fourth-order valence-electron chi connectivity index (χ4n) is 2.69. The zero-order chi connectivity index (χ0) is 15.2. The van der Waals surface area contributed by atoms with E-state index in [-0.39, 0.29) is 0 Å². The molecule has 21 heavy (non-hydrogen) atoms. The minimum atomic E-state index is 0.584. The normalized spacial score (nSPS) is 18.2. The molecule has 1 atom stereocenters. The number of hydrogen-bond donors (Lipinski definition) is 1. The van der Waals surface area contributed by atoms with Crippen molar-refractivity contribution in [2.24, 2.45) is 5.92 Å². The molecule has 0 aromatic carbocycles. The number of thiazole rings is 1. The van der Waals surface area contributed by atoms with Crippen LogP contribution in [0.1, 0.15) is 63.9 Å². The third kappa shape index (κ3) is 4.68. The first-order valence-corrected chi connectivity index (χ1v) is 9.42. The van der Waals surface area contributed by atoms with Gasteiger partial charge in [-0.2, -0.15) is 0 Å². The summed E-state index contributed by atoms with van der Waals surface area (Å²) in [7, 11) is 0. The molecule has 0 aliphatic carbocycles. The maximum atomic E-state index is 4.96. The summed E-state index contributed by atoms with van der Waals surface area (Å²) in [6.07, 6.45) is 6.08. The van der Waals surface area contributed by atoms with Gasteiger partial charge in [0, 0.05) is 30.6 Å². The van der Waals surface area contributed by atoms with E-state index in [0.717, 1.165) is 18.9 Å².